The van der Waals surface area contributed by atoms with Crippen LogP contribution in [-0.4, -0.2) is 43.0 Å². The smallest absolute Gasteiger partial charge is 0.454 e. The van der Waals surface area contributed by atoms with Gasteiger partial charge in [-0.3, -0.25) is 9.59 Å². The summed E-state index contributed by atoms with van der Waals surface area (Å²) in [6.45, 7) is 5.12. The Bertz CT molecular complexity index is 1140. The summed E-state index contributed by atoms with van der Waals surface area (Å²) in [5.41, 5.74) is 0.982. The number of thiophene rings is 1. The summed E-state index contributed by atoms with van der Waals surface area (Å²) in [4.78, 5) is 48.3. The summed E-state index contributed by atoms with van der Waals surface area (Å²) in [5.74, 6) is -4.01. The van der Waals surface area contributed by atoms with Crippen LogP contribution in [-0.2, 0) is 25.5 Å². The van der Waals surface area contributed by atoms with Crippen molar-refractivity contribution in [2.75, 3.05) is 23.8 Å². The molecule has 2 N–H and O–H groups in total. The van der Waals surface area contributed by atoms with Gasteiger partial charge in [-0.25, -0.2) is 9.59 Å². The summed E-state index contributed by atoms with van der Waals surface area (Å²) >= 11 is 1.15. The fraction of sp³-hybridized carbons (Fsp3) is 0.333. The first-order chi connectivity index (χ1) is 16.9. The summed E-state index contributed by atoms with van der Waals surface area (Å²) in [5, 5.41) is 7.01. The Kier molecular flexibility index (Phi) is 10.2. The van der Waals surface area contributed by atoms with Crippen LogP contribution in [0.2, 0.25) is 0 Å². The van der Waals surface area contributed by atoms with Gasteiger partial charge in [-0.15, -0.1) is 11.3 Å². The zero-order chi connectivity index (χ0) is 26.9. The van der Waals surface area contributed by atoms with E-state index in [1.165, 1.54) is 24.3 Å². The van der Waals surface area contributed by atoms with E-state index in [0.29, 0.717) is 6.42 Å². The molecular formula is C24H25F3N2O6S. The van der Waals surface area contributed by atoms with Crippen LogP contribution in [0.3, 0.4) is 0 Å². The number of amides is 1. The Morgan fingerprint density at radius 1 is 1.08 bits per heavy atom. The van der Waals surface area contributed by atoms with Gasteiger partial charge in [0.05, 0.1) is 23.4 Å². The molecule has 2 aromatic rings. The van der Waals surface area contributed by atoms with Gasteiger partial charge in [-0.05, 0) is 42.3 Å². The monoisotopic (exact) mass is 526 g/mol. The average molecular weight is 527 g/mol. The molecule has 8 nitrogen and oxygen atoms in total. The van der Waals surface area contributed by atoms with E-state index in [4.69, 9.17) is 9.47 Å². The highest BCUT2D eigenvalue weighted by Crippen LogP contribution is 2.31. The number of ether oxygens (including phenoxy) is 2. The number of alkyl halides is 3. The standard InChI is InChI=1S/C24H25F3N2O6S/c1-4-34-23(33)20-15(11-14(2)3)13-36-21(20)29-19(31)12-35-22(32)16-7-5-6-8-17(16)28-10-9-18(30)24(25,26)27/h5-10,13-14,28H,4,11-12H2,1-3H3,(H,29,31). The second-order valence-electron chi connectivity index (χ2n) is 7.79. The van der Waals surface area contributed by atoms with E-state index in [1.54, 1.807) is 12.3 Å². The number of hydrogen-bond donors (Lipinski definition) is 2. The molecule has 1 amide bonds. The second-order valence-corrected chi connectivity index (χ2v) is 8.67. The third kappa shape index (κ3) is 8.22. The Balaban J connectivity index is 2.06. The van der Waals surface area contributed by atoms with Crippen molar-refractivity contribution in [2.24, 2.45) is 5.92 Å². The zero-order valence-corrected chi connectivity index (χ0v) is 20.5. The maximum atomic E-state index is 12.5. The third-order valence-electron chi connectivity index (χ3n) is 4.46. The summed E-state index contributed by atoms with van der Waals surface area (Å²) in [7, 11) is 0. The van der Waals surface area contributed by atoms with Gasteiger partial charge in [0.2, 0.25) is 0 Å². The van der Waals surface area contributed by atoms with E-state index in [-0.39, 0.29) is 40.4 Å². The number of carbonyl (C=O) groups is 4. The number of rotatable bonds is 11. The molecule has 1 heterocycles. The Labute approximate surface area is 209 Å². The molecule has 0 aliphatic heterocycles. The Morgan fingerprint density at radius 3 is 2.42 bits per heavy atom. The molecular weight excluding hydrogens is 501 g/mol. The third-order valence-corrected chi connectivity index (χ3v) is 5.41. The lowest BCUT2D eigenvalue weighted by Gasteiger charge is -2.11. The van der Waals surface area contributed by atoms with Gasteiger partial charge in [0.1, 0.15) is 5.00 Å². The average Bonchev–Trinajstić information content (AvgIpc) is 3.18. The summed E-state index contributed by atoms with van der Waals surface area (Å²) < 4.78 is 47.1. The number of allylic oxidation sites excluding steroid dienone is 1. The lowest BCUT2D eigenvalue weighted by molar-refractivity contribution is -0.165. The molecule has 0 fully saturated rings. The first-order valence-electron chi connectivity index (χ1n) is 10.8. The van der Waals surface area contributed by atoms with Crippen LogP contribution in [0.15, 0.2) is 41.9 Å². The predicted octanol–water partition coefficient (Wildman–Crippen LogP) is 4.98. The molecule has 0 aliphatic carbocycles. The Hall–Kier alpha value is -3.67. The highest BCUT2D eigenvalue weighted by atomic mass is 32.1. The molecule has 0 saturated heterocycles. The highest BCUT2D eigenvalue weighted by Gasteiger charge is 2.36. The fourth-order valence-electron chi connectivity index (χ4n) is 2.96. The van der Waals surface area contributed by atoms with Crippen LogP contribution in [0.5, 0.6) is 0 Å². The number of nitrogens with one attached hydrogen (secondary N) is 2. The van der Waals surface area contributed by atoms with Gasteiger partial charge < -0.3 is 20.1 Å². The minimum Gasteiger partial charge on any atom is -0.462 e. The molecule has 194 valence electrons. The number of para-hydroxylation sites is 1. The second kappa shape index (κ2) is 12.9. The van der Waals surface area contributed by atoms with Crippen LogP contribution in [0.25, 0.3) is 0 Å². The van der Waals surface area contributed by atoms with E-state index < -0.39 is 36.4 Å². The molecule has 0 unspecified atom stereocenters. The number of benzene rings is 1. The van der Waals surface area contributed by atoms with Crippen LogP contribution in [0.4, 0.5) is 23.9 Å². The van der Waals surface area contributed by atoms with E-state index in [9.17, 15) is 32.3 Å². The Morgan fingerprint density at radius 2 is 1.78 bits per heavy atom. The van der Waals surface area contributed by atoms with Gasteiger partial charge in [-0.1, -0.05) is 26.0 Å². The molecule has 0 saturated carbocycles. The molecule has 12 heteroatoms. The number of hydrogen-bond acceptors (Lipinski definition) is 8. The fourth-order valence-corrected chi connectivity index (χ4v) is 3.94. The molecule has 36 heavy (non-hydrogen) atoms. The van der Waals surface area contributed by atoms with Crippen molar-refractivity contribution in [1.82, 2.24) is 0 Å². The van der Waals surface area contributed by atoms with Crippen molar-refractivity contribution >= 4 is 45.7 Å². The molecule has 2 rings (SSSR count). The van der Waals surface area contributed by atoms with Crippen LogP contribution in [0, 0.1) is 5.92 Å². The summed E-state index contributed by atoms with van der Waals surface area (Å²) in [6, 6.07) is 5.71. The maximum absolute atomic E-state index is 12.5. The number of carbonyl (C=O) groups excluding carboxylic acids is 4. The minimum atomic E-state index is -5.02. The number of esters is 2. The number of anilines is 2. The van der Waals surface area contributed by atoms with Crippen molar-refractivity contribution < 1.29 is 41.8 Å². The highest BCUT2D eigenvalue weighted by molar-refractivity contribution is 7.15. The lowest BCUT2D eigenvalue weighted by Crippen LogP contribution is -2.22. The minimum absolute atomic E-state index is 0.0651. The largest absolute Gasteiger partial charge is 0.462 e. The van der Waals surface area contributed by atoms with Crippen molar-refractivity contribution in [3.8, 4) is 0 Å². The number of ketones is 1. The van der Waals surface area contributed by atoms with Crippen LogP contribution < -0.4 is 10.6 Å². The van der Waals surface area contributed by atoms with Crippen LogP contribution >= 0.6 is 11.3 Å². The van der Waals surface area contributed by atoms with Crippen molar-refractivity contribution in [1.29, 1.82) is 0 Å². The quantitative estimate of drug-likeness (QED) is 0.314. The van der Waals surface area contributed by atoms with E-state index in [1.807, 2.05) is 13.8 Å². The SMILES string of the molecule is CCOC(=O)c1c(CC(C)C)csc1NC(=O)COC(=O)c1ccccc1NC=CC(=O)C(F)(F)F. The van der Waals surface area contributed by atoms with E-state index in [0.717, 1.165) is 23.1 Å². The van der Waals surface area contributed by atoms with Gasteiger partial charge >= 0.3 is 18.1 Å². The van der Waals surface area contributed by atoms with Crippen molar-refractivity contribution in [3.05, 3.63) is 58.6 Å². The van der Waals surface area contributed by atoms with Crippen LogP contribution in [0.1, 0.15) is 47.1 Å². The zero-order valence-electron chi connectivity index (χ0n) is 19.7. The van der Waals surface area contributed by atoms with Crippen molar-refractivity contribution in [2.45, 2.75) is 33.4 Å². The van der Waals surface area contributed by atoms with E-state index >= 15 is 0 Å². The molecule has 0 radical (unpaired) electrons. The molecule has 0 bridgehead atoms. The number of halogens is 3. The lowest BCUT2D eigenvalue weighted by atomic mass is 10.0. The first-order valence-corrected chi connectivity index (χ1v) is 11.7. The topological polar surface area (TPSA) is 111 Å². The summed E-state index contributed by atoms with van der Waals surface area (Å²) in [6.07, 6.45) is -3.39. The van der Waals surface area contributed by atoms with Gasteiger partial charge in [-0.2, -0.15) is 13.2 Å². The normalized spacial score (nSPS) is 11.4. The predicted molar refractivity (Wildman–Crippen MR) is 128 cm³/mol. The molecule has 0 atom stereocenters. The molecule has 1 aromatic carbocycles. The van der Waals surface area contributed by atoms with Gasteiger partial charge in [0.15, 0.2) is 6.61 Å². The maximum Gasteiger partial charge on any atom is 0.454 e. The van der Waals surface area contributed by atoms with E-state index in [2.05, 4.69) is 10.6 Å². The first kappa shape index (κ1) is 28.6. The molecule has 0 spiro atoms. The molecule has 1 aromatic heterocycles. The van der Waals surface area contributed by atoms with Gasteiger partial charge in [0, 0.05) is 12.3 Å². The van der Waals surface area contributed by atoms with Crippen molar-refractivity contribution in [3.63, 3.8) is 0 Å². The molecule has 0 aliphatic rings. The van der Waals surface area contributed by atoms with Gasteiger partial charge in [0.25, 0.3) is 11.7 Å².